The van der Waals surface area contributed by atoms with E-state index in [1.807, 2.05) is 11.9 Å². The summed E-state index contributed by atoms with van der Waals surface area (Å²) in [5.74, 6) is -5.52. The highest BCUT2D eigenvalue weighted by molar-refractivity contribution is 5.98. The van der Waals surface area contributed by atoms with Crippen LogP contribution in [-0.4, -0.2) is 76.6 Å². The van der Waals surface area contributed by atoms with E-state index < -0.39 is 51.6 Å². The molecular formula is C25H24FN3O9. The Kier molecular flexibility index (Phi) is 6.23. The molecule has 0 unspecified atom stereocenters. The standard InChI is InChI=1S/C25H24FN3O9/c1-12-11-36-23-19-14(9-16(26)20(23)28-5-3-27(2)4-6-28)21(32)15(10-29(12)19)25(35)38-37-24(34)13-7-17(30)22(33)18(31)8-13/h7-10,12,30-31,33H,3-6,11H2,1-2H3/t12-/m0/s1. The average molecular weight is 529 g/mol. The van der Waals surface area contributed by atoms with Crippen molar-refractivity contribution >= 4 is 28.5 Å². The Balaban J connectivity index is 1.49. The zero-order chi connectivity index (χ0) is 27.3. The molecule has 0 bridgehead atoms. The molecule has 3 heterocycles. The Hall–Kier alpha value is -4.52. The first-order valence-electron chi connectivity index (χ1n) is 11.7. The van der Waals surface area contributed by atoms with Crippen molar-refractivity contribution < 1.29 is 43.8 Å². The Labute approximate surface area is 214 Å². The van der Waals surface area contributed by atoms with Gasteiger partial charge in [-0.3, -0.25) is 4.79 Å². The number of nitrogens with zero attached hydrogens (tertiary/aromatic N) is 3. The van der Waals surface area contributed by atoms with Gasteiger partial charge in [0, 0.05) is 32.4 Å². The fraction of sp³-hybridized carbons (Fsp3) is 0.320. The molecule has 1 aromatic heterocycles. The van der Waals surface area contributed by atoms with E-state index >= 15 is 4.39 Å². The van der Waals surface area contributed by atoms with E-state index in [0.29, 0.717) is 18.6 Å². The van der Waals surface area contributed by atoms with Crippen LogP contribution < -0.4 is 15.1 Å². The number of benzene rings is 2. The minimum absolute atomic E-state index is 0.101. The number of likely N-dealkylation sites (N-methyl/N-ethyl adjacent to an activating group) is 1. The lowest BCUT2D eigenvalue weighted by Gasteiger charge is -2.37. The molecule has 2 aromatic carbocycles. The largest absolute Gasteiger partial charge is 0.504 e. The van der Waals surface area contributed by atoms with Gasteiger partial charge in [0.2, 0.25) is 5.43 Å². The molecule has 38 heavy (non-hydrogen) atoms. The molecule has 2 aliphatic rings. The maximum Gasteiger partial charge on any atom is 0.391 e. The number of halogens is 1. The molecule has 0 saturated carbocycles. The first kappa shape index (κ1) is 25.1. The van der Waals surface area contributed by atoms with Crippen LogP contribution >= 0.6 is 0 Å². The van der Waals surface area contributed by atoms with Crippen molar-refractivity contribution in [3.05, 3.63) is 51.6 Å². The van der Waals surface area contributed by atoms with Crippen molar-refractivity contribution in [3.8, 4) is 23.0 Å². The predicted octanol–water partition coefficient (Wildman–Crippen LogP) is 1.89. The van der Waals surface area contributed by atoms with E-state index in [0.717, 1.165) is 31.3 Å². The molecule has 0 aliphatic carbocycles. The van der Waals surface area contributed by atoms with Crippen LogP contribution in [0.2, 0.25) is 0 Å². The molecule has 200 valence electrons. The quantitative estimate of drug-likeness (QED) is 0.259. The van der Waals surface area contributed by atoms with Gasteiger partial charge in [-0.25, -0.2) is 23.8 Å². The summed E-state index contributed by atoms with van der Waals surface area (Å²) in [6, 6.07) is 2.31. The number of anilines is 1. The van der Waals surface area contributed by atoms with Crippen LogP contribution in [0.4, 0.5) is 10.1 Å². The molecule has 13 heteroatoms. The van der Waals surface area contributed by atoms with Crippen molar-refractivity contribution in [2.75, 3.05) is 44.7 Å². The third kappa shape index (κ3) is 4.20. The second kappa shape index (κ2) is 9.41. The Morgan fingerprint density at radius 1 is 1.03 bits per heavy atom. The second-order valence-corrected chi connectivity index (χ2v) is 9.27. The molecule has 0 radical (unpaired) electrons. The van der Waals surface area contributed by atoms with Gasteiger partial charge in [0.25, 0.3) is 0 Å². The number of aromatic hydroxyl groups is 3. The van der Waals surface area contributed by atoms with Gasteiger partial charge in [0.15, 0.2) is 28.8 Å². The maximum atomic E-state index is 15.4. The van der Waals surface area contributed by atoms with Crippen LogP contribution in [-0.2, 0) is 9.78 Å². The van der Waals surface area contributed by atoms with Crippen LogP contribution in [0.1, 0.15) is 33.7 Å². The molecule has 2 aliphatic heterocycles. The summed E-state index contributed by atoms with van der Waals surface area (Å²) in [5, 5.41) is 28.4. The molecule has 3 N–H and O–H groups in total. The SMILES string of the molecule is C[C@H]1COc2c(N3CCN(C)CC3)c(F)cc3c(=O)c(C(=O)OOC(=O)c4cc(O)c(O)c(O)c4)cn1c23. The molecule has 1 atom stereocenters. The first-order chi connectivity index (χ1) is 18.1. The average Bonchev–Trinajstić information content (AvgIpc) is 2.89. The van der Waals surface area contributed by atoms with Crippen molar-refractivity contribution in [3.63, 3.8) is 0 Å². The number of phenols is 3. The maximum absolute atomic E-state index is 15.4. The number of rotatable bonds is 3. The summed E-state index contributed by atoms with van der Waals surface area (Å²) in [4.78, 5) is 51.3. The zero-order valence-corrected chi connectivity index (χ0v) is 20.4. The van der Waals surface area contributed by atoms with Gasteiger partial charge in [0.1, 0.15) is 17.9 Å². The minimum atomic E-state index is -1.31. The van der Waals surface area contributed by atoms with Crippen LogP contribution in [0.25, 0.3) is 10.9 Å². The van der Waals surface area contributed by atoms with E-state index in [4.69, 9.17) is 4.74 Å². The monoisotopic (exact) mass is 529 g/mol. The van der Waals surface area contributed by atoms with Crippen molar-refractivity contribution in [1.29, 1.82) is 0 Å². The van der Waals surface area contributed by atoms with Crippen LogP contribution in [0.3, 0.4) is 0 Å². The summed E-state index contributed by atoms with van der Waals surface area (Å²) < 4.78 is 23.0. The number of hydrogen-bond donors (Lipinski definition) is 3. The van der Waals surface area contributed by atoms with Crippen molar-refractivity contribution in [2.45, 2.75) is 13.0 Å². The summed E-state index contributed by atoms with van der Waals surface area (Å²) in [6.07, 6.45) is 1.25. The highest BCUT2D eigenvalue weighted by Gasteiger charge is 2.32. The molecule has 1 fully saturated rings. The number of hydrogen-bond acceptors (Lipinski definition) is 11. The highest BCUT2D eigenvalue weighted by atomic mass is 19.1. The first-order valence-corrected chi connectivity index (χ1v) is 11.7. The number of phenolic OH excluding ortho intramolecular Hbond substituents is 3. The minimum Gasteiger partial charge on any atom is -0.504 e. The molecule has 12 nitrogen and oxygen atoms in total. The van der Waals surface area contributed by atoms with E-state index in [2.05, 4.69) is 14.7 Å². The molecule has 0 amide bonds. The summed E-state index contributed by atoms with van der Waals surface area (Å²) >= 11 is 0. The van der Waals surface area contributed by atoms with Gasteiger partial charge in [-0.15, -0.1) is 0 Å². The number of ether oxygens (including phenoxy) is 1. The fourth-order valence-electron chi connectivity index (χ4n) is 4.57. The fourth-order valence-corrected chi connectivity index (χ4v) is 4.57. The predicted molar refractivity (Wildman–Crippen MR) is 130 cm³/mol. The van der Waals surface area contributed by atoms with E-state index in [1.54, 1.807) is 11.5 Å². The summed E-state index contributed by atoms with van der Waals surface area (Å²) in [5.41, 5.74) is -1.19. The summed E-state index contributed by atoms with van der Waals surface area (Å²) in [6.45, 7) is 4.56. The van der Waals surface area contributed by atoms with Crippen molar-refractivity contribution in [2.24, 2.45) is 0 Å². The lowest BCUT2D eigenvalue weighted by Crippen LogP contribution is -2.45. The molecule has 3 aromatic rings. The van der Waals surface area contributed by atoms with Gasteiger partial charge in [-0.2, -0.15) is 0 Å². The number of piperazine rings is 1. The lowest BCUT2D eigenvalue weighted by atomic mass is 10.1. The van der Waals surface area contributed by atoms with E-state index in [-0.39, 0.29) is 29.5 Å². The second-order valence-electron chi connectivity index (χ2n) is 9.27. The summed E-state index contributed by atoms with van der Waals surface area (Å²) in [7, 11) is 1.98. The van der Waals surface area contributed by atoms with Crippen LogP contribution in [0.15, 0.2) is 29.2 Å². The van der Waals surface area contributed by atoms with Gasteiger partial charge in [-0.1, -0.05) is 0 Å². The number of carbonyl (C=O) groups excluding carboxylic acids is 2. The van der Waals surface area contributed by atoms with Gasteiger partial charge in [0.05, 0.1) is 22.5 Å². The molecule has 0 spiro atoms. The lowest BCUT2D eigenvalue weighted by molar-refractivity contribution is -0.187. The Morgan fingerprint density at radius 2 is 1.66 bits per heavy atom. The van der Waals surface area contributed by atoms with Crippen LogP contribution in [0.5, 0.6) is 23.0 Å². The Morgan fingerprint density at radius 3 is 2.32 bits per heavy atom. The zero-order valence-electron chi connectivity index (χ0n) is 20.4. The Bertz CT molecular complexity index is 1510. The number of pyridine rings is 1. The third-order valence-corrected chi connectivity index (χ3v) is 6.68. The van der Waals surface area contributed by atoms with E-state index in [9.17, 15) is 29.7 Å². The van der Waals surface area contributed by atoms with Gasteiger partial charge < -0.3 is 34.4 Å². The molecule has 1 saturated heterocycles. The normalized spacial score (nSPS) is 17.2. The third-order valence-electron chi connectivity index (χ3n) is 6.68. The van der Waals surface area contributed by atoms with Crippen LogP contribution in [0, 0.1) is 5.82 Å². The highest BCUT2D eigenvalue weighted by Crippen LogP contribution is 2.42. The number of carbonyl (C=O) groups is 2. The van der Waals surface area contributed by atoms with E-state index in [1.165, 1.54) is 6.20 Å². The van der Waals surface area contributed by atoms with Gasteiger partial charge >= 0.3 is 11.9 Å². The smallest absolute Gasteiger partial charge is 0.391 e. The molecular weight excluding hydrogens is 505 g/mol. The van der Waals surface area contributed by atoms with Gasteiger partial charge in [-0.05, 0) is 32.2 Å². The number of aromatic nitrogens is 1. The molecule has 5 rings (SSSR count). The topological polar surface area (TPSA) is 151 Å². The van der Waals surface area contributed by atoms with Crippen molar-refractivity contribution in [1.82, 2.24) is 9.47 Å².